The molecule has 188 valence electrons. The highest BCUT2D eigenvalue weighted by atomic mass is 19.1. The van der Waals surface area contributed by atoms with Gasteiger partial charge >= 0.3 is 5.97 Å². The Morgan fingerprint density at radius 1 is 0.944 bits per heavy atom. The summed E-state index contributed by atoms with van der Waals surface area (Å²) in [4.78, 5) is 12.1. The molecule has 0 fully saturated rings. The Balaban J connectivity index is 2.18. The average Bonchev–Trinajstić information content (AvgIpc) is 3.24. The quantitative estimate of drug-likeness (QED) is 0.341. The first-order chi connectivity index (χ1) is 17.3. The van der Waals surface area contributed by atoms with E-state index in [0.29, 0.717) is 11.1 Å². The minimum atomic E-state index is -2.34. The van der Waals surface area contributed by atoms with Crippen LogP contribution < -0.4 is 9.47 Å². The zero-order valence-corrected chi connectivity index (χ0v) is 20.1. The van der Waals surface area contributed by atoms with Crippen molar-refractivity contribution in [2.24, 2.45) is 0 Å². The number of hydrogen-bond acceptors (Lipinski definition) is 5. The number of nitrogens with zero attached hydrogens (tertiary/aromatic N) is 2. The van der Waals surface area contributed by atoms with Crippen LogP contribution in [-0.4, -0.2) is 39.0 Å². The first kappa shape index (κ1) is 25.1. The summed E-state index contributed by atoms with van der Waals surface area (Å²) in [5.41, 5.74) is -2.23. The molecule has 4 aromatic rings. The van der Waals surface area contributed by atoms with Crippen LogP contribution in [0.2, 0.25) is 0 Å². The summed E-state index contributed by atoms with van der Waals surface area (Å²) < 4.78 is 43.1. The number of pyridine rings is 1. The number of carboxylic acid groups (broad SMARTS) is 1. The maximum absolute atomic E-state index is 15.2. The van der Waals surface area contributed by atoms with E-state index in [9.17, 15) is 15.0 Å². The van der Waals surface area contributed by atoms with Crippen molar-refractivity contribution in [3.05, 3.63) is 94.3 Å². The Hall–Kier alpha value is -3.98. The molecule has 2 aromatic heterocycles. The molecule has 0 aliphatic heterocycles. The zero-order chi connectivity index (χ0) is 26.0. The van der Waals surface area contributed by atoms with Gasteiger partial charge in [-0.15, -0.1) is 0 Å². The van der Waals surface area contributed by atoms with Gasteiger partial charge in [-0.1, -0.05) is 43.3 Å². The fourth-order valence-electron chi connectivity index (χ4n) is 4.47. The lowest BCUT2D eigenvalue weighted by Crippen LogP contribution is -2.33. The number of benzene rings is 2. The number of carbonyl (C=O) groups is 1. The number of aromatic carboxylic acids is 1. The van der Waals surface area contributed by atoms with Crippen LogP contribution in [0.15, 0.2) is 54.7 Å². The molecule has 0 bridgehead atoms. The van der Waals surface area contributed by atoms with Crippen LogP contribution in [0.3, 0.4) is 0 Å². The summed E-state index contributed by atoms with van der Waals surface area (Å²) in [6, 6.07) is 11.1. The van der Waals surface area contributed by atoms with Crippen LogP contribution in [0.25, 0.3) is 5.52 Å². The van der Waals surface area contributed by atoms with E-state index in [1.165, 1.54) is 59.2 Å². The van der Waals surface area contributed by atoms with Gasteiger partial charge in [-0.25, -0.2) is 18.1 Å². The van der Waals surface area contributed by atoms with Gasteiger partial charge in [-0.3, -0.25) is 0 Å². The Kier molecular flexibility index (Phi) is 6.94. The summed E-state index contributed by atoms with van der Waals surface area (Å²) in [7, 11) is 0. The molecule has 0 atom stereocenters. The molecule has 2 N–H and O–H groups in total. The van der Waals surface area contributed by atoms with Gasteiger partial charge in [-0.2, -0.15) is 5.10 Å². The molecule has 0 aliphatic rings. The van der Waals surface area contributed by atoms with E-state index in [2.05, 4.69) is 5.10 Å². The van der Waals surface area contributed by atoms with Gasteiger partial charge in [0.05, 0.1) is 13.2 Å². The second kappa shape index (κ2) is 9.94. The molecule has 0 aliphatic carbocycles. The average molecular weight is 497 g/mol. The van der Waals surface area contributed by atoms with Crippen molar-refractivity contribution in [3.63, 3.8) is 0 Å². The van der Waals surface area contributed by atoms with E-state index in [1.54, 1.807) is 20.8 Å². The lowest BCUT2D eigenvalue weighted by molar-refractivity contribution is 0.0690. The van der Waals surface area contributed by atoms with E-state index in [4.69, 9.17) is 9.47 Å². The van der Waals surface area contributed by atoms with Gasteiger partial charge in [0.1, 0.15) is 28.4 Å². The van der Waals surface area contributed by atoms with Crippen molar-refractivity contribution < 1.29 is 33.3 Å². The van der Waals surface area contributed by atoms with Crippen LogP contribution in [0.5, 0.6) is 11.5 Å². The summed E-state index contributed by atoms with van der Waals surface area (Å²) in [5, 5.41) is 26.6. The van der Waals surface area contributed by atoms with Crippen LogP contribution in [-0.2, 0) is 12.0 Å². The molecule has 0 radical (unpaired) electrons. The molecule has 9 heteroatoms. The zero-order valence-electron chi connectivity index (χ0n) is 20.1. The standard InChI is InChI=1S/C27H26F2N2O5/c1-4-16-22-24(36-6-3)23(35-5-2)17(26(32)33)15-31(22)30-25(16)27(34,18-11-7-9-13-20(18)28)19-12-8-10-14-21(19)29/h7-15,34H,4-6H2,1-3H3,(H,32,33). The highest BCUT2D eigenvalue weighted by Gasteiger charge is 2.43. The molecule has 2 heterocycles. The molecule has 0 saturated carbocycles. The monoisotopic (exact) mass is 496 g/mol. The minimum absolute atomic E-state index is 0.0147. The van der Waals surface area contributed by atoms with E-state index in [1.807, 2.05) is 0 Å². The summed E-state index contributed by atoms with van der Waals surface area (Å²) in [6.07, 6.45) is 1.53. The number of fused-ring (bicyclic) bond motifs is 1. The Morgan fingerprint density at radius 3 is 1.94 bits per heavy atom. The number of aliphatic hydroxyl groups is 1. The molecular formula is C27H26F2N2O5. The topological polar surface area (TPSA) is 93.3 Å². The van der Waals surface area contributed by atoms with E-state index in [0.717, 1.165) is 0 Å². The molecular weight excluding hydrogens is 470 g/mol. The number of halogens is 2. The third-order valence-electron chi connectivity index (χ3n) is 5.96. The third kappa shape index (κ3) is 3.95. The maximum Gasteiger partial charge on any atom is 0.341 e. The molecule has 36 heavy (non-hydrogen) atoms. The number of hydrogen-bond donors (Lipinski definition) is 2. The fraction of sp³-hybridized carbons (Fsp3) is 0.259. The van der Waals surface area contributed by atoms with E-state index >= 15 is 8.78 Å². The Labute approximate surface area is 206 Å². The second-order valence-corrected chi connectivity index (χ2v) is 8.02. The SMILES string of the molecule is CCOc1c(C(=O)O)cn2nc(C(O)(c3ccccc3F)c3ccccc3F)c(CC)c2c1OCC. The lowest BCUT2D eigenvalue weighted by Gasteiger charge is -2.29. The van der Waals surface area contributed by atoms with Crippen molar-refractivity contribution in [3.8, 4) is 11.5 Å². The van der Waals surface area contributed by atoms with Crippen molar-refractivity contribution >= 4 is 11.5 Å². The van der Waals surface area contributed by atoms with Crippen LogP contribution >= 0.6 is 0 Å². The van der Waals surface area contributed by atoms with Crippen molar-refractivity contribution in [2.75, 3.05) is 13.2 Å². The molecule has 0 unspecified atom stereocenters. The molecule has 0 saturated heterocycles. The predicted molar refractivity (Wildman–Crippen MR) is 129 cm³/mol. The first-order valence-corrected chi connectivity index (χ1v) is 11.6. The van der Waals surface area contributed by atoms with Gasteiger partial charge in [0.15, 0.2) is 17.1 Å². The van der Waals surface area contributed by atoms with Crippen molar-refractivity contribution in [1.29, 1.82) is 0 Å². The number of carboxylic acids is 1. The summed E-state index contributed by atoms with van der Waals surface area (Å²) >= 11 is 0. The number of aryl methyl sites for hydroxylation is 1. The highest BCUT2D eigenvalue weighted by Crippen LogP contribution is 2.45. The molecule has 4 rings (SSSR count). The van der Waals surface area contributed by atoms with Gasteiger partial charge in [0.2, 0.25) is 0 Å². The van der Waals surface area contributed by atoms with E-state index < -0.39 is 23.2 Å². The molecule has 0 amide bonds. The normalized spacial score (nSPS) is 11.6. The smallest absolute Gasteiger partial charge is 0.341 e. The highest BCUT2D eigenvalue weighted by molar-refractivity contribution is 5.94. The molecule has 2 aromatic carbocycles. The largest absolute Gasteiger partial charge is 0.489 e. The van der Waals surface area contributed by atoms with Crippen LogP contribution in [0.4, 0.5) is 8.78 Å². The molecule has 0 spiro atoms. The van der Waals surface area contributed by atoms with Gasteiger partial charge in [0.25, 0.3) is 0 Å². The van der Waals surface area contributed by atoms with Crippen molar-refractivity contribution in [1.82, 2.24) is 9.61 Å². The maximum atomic E-state index is 15.2. The van der Waals surface area contributed by atoms with Crippen LogP contribution in [0.1, 0.15) is 53.5 Å². The first-order valence-electron chi connectivity index (χ1n) is 11.6. The van der Waals surface area contributed by atoms with Gasteiger partial charge in [0, 0.05) is 22.9 Å². The lowest BCUT2D eigenvalue weighted by atomic mass is 9.80. The van der Waals surface area contributed by atoms with Gasteiger partial charge < -0.3 is 19.7 Å². The van der Waals surface area contributed by atoms with Crippen LogP contribution in [0, 0.1) is 11.6 Å². The second-order valence-electron chi connectivity index (χ2n) is 8.02. The van der Waals surface area contributed by atoms with E-state index in [-0.39, 0.29) is 53.5 Å². The number of rotatable bonds is 9. The number of aromatic nitrogens is 2. The summed E-state index contributed by atoms with van der Waals surface area (Å²) in [5.74, 6) is -2.64. The predicted octanol–water partition coefficient (Wildman–Crippen LogP) is 4.95. The third-order valence-corrected chi connectivity index (χ3v) is 5.96. The fourth-order valence-corrected chi connectivity index (χ4v) is 4.47. The van der Waals surface area contributed by atoms with Gasteiger partial charge in [-0.05, 0) is 32.4 Å². The Bertz CT molecular complexity index is 1390. The minimum Gasteiger partial charge on any atom is -0.489 e. The Morgan fingerprint density at radius 2 is 1.47 bits per heavy atom. The number of ether oxygens (including phenoxy) is 2. The van der Waals surface area contributed by atoms with Crippen molar-refractivity contribution in [2.45, 2.75) is 32.8 Å². The molecule has 7 nitrogen and oxygen atoms in total. The summed E-state index contributed by atoms with van der Waals surface area (Å²) in [6.45, 7) is 5.60.